The van der Waals surface area contributed by atoms with Gasteiger partial charge < -0.3 is 25.1 Å². The molecule has 0 spiro atoms. The van der Waals surface area contributed by atoms with Gasteiger partial charge in [-0.1, -0.05) is 0 Å². The summed E-state index contributed by atoms with van der Waals surface area (Å²) < 4.78 is 43.1. The third kappa shape index (κ3) is 4.48. The molecule has 0 saturated carbocycles. The molecule has 4 aromatic heterocycles. The average molecular weight is 551 g/mol. The number of benzene rings is 1. The van der Waals surface area contributed by atoms with Crippen LogP contribution in [0, 0.1) is 5.82 Å². The van der Waals surface area contributed by atoms with Crippen LogP contribution in [0.15, 0.2) is 47.2 Å². The summed E-state index contributed by atoms with van der Waals surface area (Å²) in [6, 6.07) is 8.33. The first-order valence-electron chi connectivity index (χ1n) is 13.2. The van der Waals surface area contributed by atoms with E-state index in [4.69, 9.17) is 14.9 Å². The molecule has 2 saturated heterocycles. The van der Waals surface area contributed by atoms with Crippen LogP contribution in [0.3, 0.4) is 0 Å². The van der Waals surface area contributed by atoms with Crippen molar-refractivity contribution in [3.05, 3.63) is 48.6 Å². The van der Waals surface area contributed by atoms with Gasteiger partial charge >= 0.3 is 0 Å². The zero-order valence-electron chi connectivity index (χ0n) is 21.6. The molecule has 12 nitrogen and oxygen atoms in total. The van der Waals surface area contributed by atoms with E-state index >= 15 is 0 Å². The zero-order chi connectivity index (χ0) is 27.2. The van der Waals surface area contributed by atoms with Crippen LogP contribution < -0.4 is 20.7 Å². The highest BCUT2D eigenvalue weighted by Gasteiger charge is 2.29. The van der Waals surface area contributed by atoms with E-state index in [1.54, 1.807) is 36.7 Å². The van der Waals surface area contributed by atoms with Gasteiger partial charge in [-0.15, -0.1) is 5.10 Å². The maximum Gasteiger partial charge on any atom is 0.225 e. The van der Waals surface area contributed by atoms with Crippen LogP contribution in [0.2, 0.25) is 0 Å². The Hall–Kier alpha value is -4.30. The van der Waals surface area contributed by atoms with Crippen molar-refractivity contribution in [2.24, 2.45) is 0 Å². The van der Waals surface area contributed by atoms with Gasteiger partial charge in [0.25, 0.3) is 0 Å². The summed E-state index contributed by atoms with van der Waals surface area (Å²) >= 11 is 0. The largest absolute Gasteiger partial charge is 0.486 e. The lowest BCUT2D eigenvalue weighted by Gasteiger charge is -2.36. The van der Waals surface area contributed by atoms with E-state index in [2.05, 4.69) is 30.4 Å². The van der Waals surface area contributed by atoms with E-state index in [0.29, 0.717) is 60.5 Å². The number of aromatic nitrogens is 6. The lowest BCUT2D eigenvalue weighted by molar-refractivity contribution is 0.139. The Balaban J connectivity index is 0.990. The quantitative estimate of drug-likeness (QED) is 0.310. The summed E-state index contributed by atoms with van der Waals surface area (Å²) in [4.78, 5) is 13.5. The first-order chi connectivity index (χ1) is 19.5. The molecular formula is C26H28F2N10O2. The van der Waals surface area contributed by atoms with E-state index < -0.39 is 12.3 Å². The van der Waals surface area contributed by atoms with Gasteiger partial charge in [-0.3, -0.25) is 4.90 Å². The molecule has 3 N–H and O–H groups in total. The van der Waals surface area contributed by atoms with E-state index in [1.807, 2.05) is 9.58 Å². The molecule has 0 aliphatic carbocycles. The average Bonchev–Trinajstić information content (AvgIpc) is 3.76. The summed E-state index contributed by atoms with van der Waals surface area (Å²) in [5.41, 5.74) is 7.93. The number of rotatable bonds is 7. The Morgan fingerprint density at radius 2 is 1.95 bits per heavy atom. The molecule has 6 heterocycles. The number of ether oxygens (including phenoxy) is 1. The summed E-state index contributed by atoms with van der Waals surface area (Å²) in [7, 11) is 0. The molecule has 208 valence electrons. The van der Waals surface area contributed by atoms with Crippen molar-refractivity contribution >= 4 is 28.3 Å². The Morgan fingerprint density at radius 3 is 2.70 bits per heavy atom. The summed E-state index contributed by atoms with van der Waals surface area (Å²) in [6.07, 6.45) is 1.61. The van der Waals surface area contributed by atoms with Gasteiger partial charge in [0.2, 0.25) is 11.8 Å². The number of nitrogen functional groups attached to an aromatic ring is 1. The van der Waals surface area contributed by atoms with Crippen LogP contribution >= 0.6 is 0 Å². The predicted octanol–water partition coefficient (Wildman–Crippen LogP) is 1.97. The topological polar surface area (TPSA) is 128 Å². The molecular weight excluding hydrogens is 522 g/mol. The molecule has 40 heavy (non-hydrogen) atoms. The van der Waals surface area contributed by atoms with Crippen molar-refractivity contribution in [2.75, 3.05) is 56.4 Å². The van der Waals surface area contributed by atoms with Crippen LogP contribution in [0.1, 0.15) is 0 Å². The van der Waals surface area contributed by atoms with Crippen LogP contribution in [0.5, 0.6) is 5.75 Å². The van der Waals surface area contributed by atoms with Crippen molar-refractivity contribution in [2.45, 2.75) is 18.8 Å². The first kappa shape index (κ1) is 24.7. The maximum absolute atomic E-state index is 14.9. The predicted molar refractivity (Wildman–Crippen MR) is 143 cm³/mol. The van der Waals surface area contributed by atoms with Gasteiger partial charge in [-0.25, -0.2) is 18.4 Å². The normalized spacial score (nSPS) is 20.2. The van der Waals surface area contributed by atoms with Crippen molar-refractivity contribution in [3.63, 3.8) is 0 Å². The number of nitrogens with two attached hydrogens (primary N) is 1. The highest BCUT2D eigenvalue weighted by Crippen LogP contribution is 2.27. The molecule has 2 fully saturated rings. The summed E-state index contributed by atoms with van der Waals surface area (Å²) in [5.74, 6) is 1.16. The standard InChI is InChI=1S/C26H28F2N10O2/c27-18-12-16(40-22-15-30-14-19(22)28)3-4-20(18)36-8-5-35(6-9-36)7-10-37-24-17(13-31-37)25-32-23(21-2-1-11-39-21)34-38(25)26(29)33-24/h1-4,11-13,19,22,30H,5-10,14-15H2,(H2,29,33)/t19-,22-/m1/s1. The monoisotopic (exact) mass is 550 g/mol. The minimum absolute atomic E-state index is 0.214. The van der Waals surface area contributed by atoms with E-state index in [-0.39, 0.29) is 18.3 Å². The molecule has 7 rings (SSSR count). The SMILES string of the molecule is Nc1nc2c(cnn2CCN2CCN(c3ccc(O[C@@H]4CNC[C@H]4F)cc3F)CC2)c2nc(-c3ccco3)nn12. The van der Waals surface area contributed by atoms with Crippen molar-refractivity contribution in [1.82, 2.24) is 39.6 Å². The highest BCUT2D eigenvalue weighted by atomic mass is 19.1. The fourth-order valence-corrected chi connectivity index (χ4v) is 5.31. The van der Waals surface area contributed by atoms with Gasteiger partial charge in [0, 0.05) is 51.9 Å². The van der Waals surface area contributed by atoms with Crippen LogP contribution in [-0.2, 0) is 6.54 Å². The van der Waals surface area contributed by atoms with Crippen LogP contribution in [-0.4, -0.2) is 92.4 Å². The maximum atomic E-state index is 14.9. The van der Waals surface area contributed by atoms with E-state index in [1.165, 1.54) is 10.6 Å². The molecule has 5 aromatic rings. The number of anilines is 2. The smallest absolute Gasteiger partial charge is 0.225 e. The fraction of sp³-hybridized carbons (Fsp3) is 0.385. The number of piperazine rings is 1. The van der Waals surface area contributed by atoms with Crippen molar-refractivity contribution in [3.8, 4) is 17.3 Å². The minimum Gasteiger partial charge on any atom is -0.486 e. The number of nitrogens with zero attached hydrogens (tertiary/aromatic N) is 8. The molecule has 2 aliphatic rings. The Bertz CT molecular complexity index is 1640. The summed E-state index contributed by atoms with van der Waals surface area (Å²) in [6.45, 7) is 4.93. The second-order valence-electron chi connectivity index (χ2n) is 10.00. The lowest BCUT2D eigenvalue weighted by Crippen LogP contribution is -2.47. The molecule has 2 atom stereocenters. The minimum atomic E-state index is -1.09. The molecule has 1 aromatic carbocycles. The molecule has 14 heteroatoms. The Morgan fingerprint density at radius 1 is 1.07 bits per heavy atom. The molecule has 2 aliphatic heterocycles. The van der Waals surface area contributed by atoms with Gasteiger partial charge in [0.15, 0.2) is 23.2 Å². The second-order valence-corrected chi connectivity index (χ2v) is 10.00. The third-order valence-electron chi connectivity index (χ3n) is 7.47. The van der Waals surface area contributed by atoms with E-state index in [9.17, 15) is 8.78 Å². The van der Waals surface area contributed by atoms with Crippen LogP contribution in [0.4, 0.5) is 20.4 Å². The van der Waals surface area contributed by atoms with Crippen molar-refractivity contribution < 1.29 is 17.9 Å². The zero-order valence-corrected chi connectivity index (χ0v) is 21.6. The number of halogens is 2. The number of hydrogen-bond donors (Lipinski definition) is 2. The lowest BCUT2D eigenvalue weighted by atomic mass is 10.2. The van der Waals surface area contributed by atoms with E-state index in [0.717, 1.165) is 25.0 Å². The number of nitrogens with one attached hydrogen (secondary N) is 1. The fourth-order valence-electron chi connectivity index (χ4n) is 5.31. The van der Waals surface area contributed by atoms with Gasteiger partial charge in [-0.05, 0) is 24.3 Å². The number of alkyl halides is 1. The van der Waals surface area contributed by atoms with Gasteiger partial charge in [0.05, 0.1) is 30.1 Å². The first-order valence-corrected chi connectivity index (χ1v) is 13.2. The molecule has 0 radical (unpaired) electrons. The number of hydrogen-bond acceptors (Lipinski definition) is 10. The Kier molecular flexibility index (Phi) is 6.20. The summed E-state index contributed by atoms with van der Waals surface area (Å²) in [5, 5.41) is 12.6. The number of fused-ring (bicyclic) bond motifs is 3. The van der Waals surface area contributed by atoms with Crippen molar-refractivity contribution in [1.29, 1.82) is 0 Å². The van der Waals surface area contributed by atoms with Gasteiger partial charge in [0.1, 0.15) is 17.7 Å². The van der Waals surface area contributed by atoms with Gasteiger partial charge in [-0.2, -0.15) is 14.6 Å². The highest BCUT2D eigenvalue weighted by molar-refractivity contribution is 5.90. The molecule has 0 amide bonds. The third-order valence-corrected chi connectivity index (χ3v) is 7.47. The molecule has 0 unspecified atom stereocenters. The van der Waals surface area contributed by atoms with Crippen LogP contribution in [0.25, 0.3) is 28.3 Å². The number of furan rings is 1. The molecule has 0 bridgehead atoms. The Labute approximate surface area is 227 Å². The second kappa shape index (κ2) is 10.0.